The van der Waals surface area contributed by atoms with E-state index in [0.29, 0.717) is 5.95 Å². The summed E-state index contributed by atoms with van der Waals surface area (Å²) in [5, 5.41) is 4.82. The van der Waals surface area contributed by atoms with Gasteiger partial charge in [-0.1, -0.05) is 0 Å². The van der Waals surface area contributed by atoms with Crippen LogP contribution in [0.3, 0.4) is 0 Å². The van der Waals surface area contributed by atoms with Crippen molar-refractivity contribution < 1.29 is 0 Å². The van der Waals surface area contributed by atoms with Gasteiger partial charge in [-0.05, 0) is 31.7 Å². The van der Waals surface area contributed by atoms with E-state index in [1.165, 1.54) is 11.8 Å². The molecule has 2 aromatic rings. The first kappa shape index (κ1) is 10.9. The van der Waals surface area contributed by atoms with Crippen molar-refractivity contribution in [2.75, 3.05) is 11.9 Å². The van der Waals surface area contributed by atoms with Gasteiger partial charge in [0.05, 0.1) is 0 Å². The second-order valence-electron chi connectivity index (χ2n) is 3.20. The zero-order valence-electron chi connectivity index (χ0n) is 9.19. The molecule has 0 amide bonds. The van der Waals surface area contributed by atoms with E-state index in [9.17, 15) is 0 Å². The topological polar surface area (TPSA) is 66.5 Å². The van der Waals surface area contributed by atoms with E-state index in [1.807, 2.05) is 19.9 Å². The number of anilines is 1. The highest BCUT2D eigenvalue weighted by molar-refractivity contribution is 7.99. The number of rotatable bonds is 4. The van der Waals surface area contributed by atoms with Crippen LogP contribution in [0.15, 0.2) is 28.6 Å². The van der Waals surface area contributed by atoms with Crippen molar-refractivity contribution in [3.05, 3.63) is 24.2 Å². The number of hydrogen-bond acceptors (Lipinski definition) is 5. The van der Waals surface area contributed by atoms with Crippen LogP contribution in [0.2, 0.25) is 0 Å². The fourth-order valence-electron chi connectivity index (χ4n) is 1.23. The molecule has 16 heavy (non-hydrogen) atoms. The van der Waals surface area contributed by atoms with Crippen LogP contribution < -0.4 is 5.32 Å². The van der Waals surface area contributed by atoms with Crippen LogP contribution in [0.25, 0.3) is 0 Å². The number of imidazole rings is 1. The predicted octanol–water partition coefficient (Wildman–Crippen LogP) is 2.09. The van der Waals surface area contributed by atoms with Crippen molar-refractivity contribution in [1.82, 2.24) is 19.9 Å². The highest BCUT2D eigenvalue weighted by Gasteiger charge is 2.04. The Kier molecular flexibility index (Phi) is 3.40. The summed E-state index contributed by atoms with van der Waals surface area (Å²) in [5.74, 6) is 0.663. The second kappa shape index (κ2) is 4.98. The summed E-state index contributed by atoms with van der Waals surface area (Å²) in [5.41, 5.74) is 0.944. The van der Waals surface area contributed by atoms with Crippen LogP contribution in [-0.2, 0) is 0 Å². The molecule has 0 saturated heterocycles. The lowest BCUT2D eigenvalue weighted by Crippen LogP contribution is -2.03. The number of hydrogen-bond donors (Lipinski definition) is 2. The molecule has 2 rings (SSSR count). The summed E-state index contributed by atoms with van der Waals surface area (Å²) in [7, 11) is 0. The van der Waals surface area contributed by atoms with Gasteiger partial charge in [-0.2, -0.15) is 0 Å². The Bertz CT molecular complexity index is 454. The lowest BCUT2D eigenvalue weighted by molar-refractivity contribution is 0.974. The van der Waals surface area contributed by atoms with Crippen molar-refractivity contribution in [3.8, 4) is 0 Å². The maximum Gasteiger partial charge on any atom is 0.223 e. The monoisotopic (exact) mass is 235 g/mol. The Labute approximate surface area is 98.1 Å². The third-order valence-electron chi connectivity index (χ3n) is 1.84. The molecule has 84 valence electrons. The van der Waals surface area contributed by atoms with Gasteiger partial charge in [-0.25, -0.2) is 15.0 Å². The minimum atomic E-state index is 0.663. The molecule has 0 aliphatic heterocycles. The van der Waals surface area contributed by atoms with E-state index in [-0.39, 0.29) is 0 Å². The average molecular weight is 235 g/mol. The van der Waals surface area contributed by atoms with Crippen molar-refractivity contribution in [2.24, 2.45) is 0 Å². The molecule has 2 aromatic heterocycles. The maximum atomic E-state index is 4.38. The smallest absolute Gasteiger partial charge is 0.223 e. The number of aryl methyl sites for hydroxylation is 1. The van der Waals surface area contributed by atoms with E-state index in [4.69, 9.17) is 0 Å². The fraction of sp³-hybridized carbons (Fsp3) is 0.300. The number of aromatic amines is 1. The molecule has 0 radical (unpaired) electrons. The minimum Gasteiger partial charge on any atom is -0.354 e. The Balaban J connectivity index is 2.20. The number of nitrogens with zero attached hydrogens (tertiary/aromatic N) is 3. The number of aromatic nitrogens is 4. The van der Waals surface area contributed by atoms with Crippen molar-refractivity contribution in [3.63, 3.8) is 0 Å². The maximum absolute atomic E-state index is 4.38. The average Bonchev–Trinajstić information content (AvgIpc) is 2.70. The molecule has 6 heteroatoms. The minimum absolute atomic E-state index is 0.663. The van der Waals surface area contributed by atoms with Gasteiger partial charge in [0, 0.05) is 24.6 Å². The normalized spacial score (nSPS) is 10.4. The molecule has 0 bridgehead atoms. The highest BCUT2D eigenvalue weighted by Crippen LogP contribution is 2.23. The fourth-order valence-corrected chi connectivity index (χ4v) is 2.03. The Morgan fingerprint density at radius 2 is 2.31 bits per heavy atom. The molecule has 0 atom stereocenters. The summed E-state index contributed by atoms with van der Waals surface area (Å²) in [6.45, 7) is 4.79. The van der Waals surface area contributed by atoms with Crippen molar-refractivity contribution in [1.29, 1.82) is 0 Å². The van der Waals surface area contributed by atoms with Crippen LogP contribution in [-0.4, -0.2) is 26.5 Å². The molecule has 0 saturated carbocycles. The lowest BCUT2D eigenvalue weighted by atomic mass is 10.5. The largest absolute Gasteiger partial charge is 0.354 e. The Morgan fingerprint density at radius 3 is 3.00 bits per heavy atom. The van der Waals surface area contributed by atoms with E-state index >= 15 is 0 Å². The summed E-state index contributed by atoms with van der Waals surface area (Å²) in [6.07, 6.45) is 3.52. The van der Waals surface area contributed by atoms with Gasteiger partial charge in [-0.15, -0.1) is 0 Å². The van der Waals surface area contributed by atoms with Gasteiger partial charge in [0.15, 0.2) is 5.16 Å². The summed E-state index contributed by atoms with van der Waals surface area (Å²) in [4.78, 5) is 15.8. The molecule has 0 aliphatic rings. The summed E-state index contributed by atoms with van der Waals surface area (Å²) in [6, 6.07) is 1.94. The predicted molar refractivity (Wildman–Crippen MR) is 63.6 cm³/mol. The van der Waals surface area contributed by atoms with Crippen LogP contribution in [0, 0.1) is 6.92 Å². The van der Waals surface area contributed by atoms with Gasteiger partial charge in [0.25, 0.3) is 0 Å². The van der Waals surface area contributed by atoms with Crippen LogP contribution in [0.5, 0.6) is 0 Å². The molecule has 0 aromatic carbocycles. The van der Waals surface area contributed by atoms with E-state index in [2.05, 4.69) is 25.3 Å². The Hall–Kier alpha value is -1.56. The van der Waals surface area contributed by atoms with Gasteiger partial charge < -0.3 is 10.3 Å². The zero-order chi connectivity index (χ0) is 11.4. The number of H-pyrrole nitrogens is 1. The molecule has 0 unspecified atom stereocenters. The highest BCUT2D eigenvalue weighted by atomic mass is 32.2. The van der Waals surface area contributed by atoms with Gasteiger partial charge in [0.2, 0.25) is 5.95 Å². The Morgan fingerprint density at radius 1 is 1.44 bits per heavy atom. The lowest BCUT2D eigenvalue weighted by Gasteiger charge is -2.04. The molecular weight excluding hydrogens is 222 g/mol. The third kappa shape index (κ3) is 2.73. The second-order valence-corrected chi connectivity index (χ2v) is 4.21. The molecular formula is C10H13N5S. The van der Waals surface area contributed by atoms with Crippen LogP contribution >= 0.6 is 11.8 Å². The summed E-state index contributed by atoms with van der Waals surface area (Å²) >= 11 is 1.49. The molecule has 0 aliphatic carbocycles. The van der Waals surface area contributed by atoms with E-state index in [1.54, 1.807) is 12.4 Å². The van der Waals surface area contributed by atoms with Gasteiger partial charge in [-0.3, -0.25) is 0 Å². The van der Waals surface area contributed by atoms with Crippen molar-refractivity contribution >= 4 is 17.7 Å². The molecule has 2 N–H and O–H groups in total. The SMILES string of the molecule is CCNc1nc(C)cc(Sc2ncc[nH]2)n1. The first-order valence-electron chi connectivity index (χ1n) is 5.04. The molecule has 2 heterocycles. The molecule has 5 nitrogen and oxygen atoms in total. The van der Waals surface area contributed by atoms with Crippen LogP contribution in [0.1, 0.15) is 12.6 Å². The first-order chi connectivity index (χ1) is 7.78. The zero-order valence-corrected chi connectivity index (χ0v) is 10.0. The van der Waals surface area contributed by atoms with Gasteiger partial charge in [0.1, 0.15) is 5.03 Å². The number of nitrogens with one attached hydrogen (secondary N) is 2. The summed E-state index contributed by atoms with van der Waals surface area (Å²) < 4.78 is 0. The van der Waals surface area contributed by atoms with E-state index < -0.39 is 0 Å². The first-order valence-corrected chi connectivity index (χ1v) is 5.86. The molecule has 0 spiro atoms. The quantitative estimate of drug-likeness (QED) is 0.794. The van der Waals surface area contributed by atoms with E-state index in [0.717, 1.165) is 22.4 Å². The van der Waals surface area contributed by atoms with Gasteiger partial charge >= 0.3 is 0 Å². The van der Waals surface area contributed by atoms with Crippen molar-refractivity contribution in [2.45, 2.75) is 24.0 Å². The third-order valence-corrected chi connectivity index (χ3v) is 2.67. The standard InChI is InChI=1S/C10H13N5S/c1-3-11-9-14-7(2)6-8(15-9)16-10-12-4-5-13-10/h4-6H,3H2,1-2H3,(H,12,13)(H,11,14,15). The molecule has 0 fully saturated rings. The van der Waals surface area contributed by atoms with Crippen LogP contribution in [0.4, 0.5) is 5.95 Å².